The third-order valence-electron chi connectivity index (χ3n) is 3.76. The number of anilines is 1. The van der Waals surface area contributed by atoms with Gasteiger partial charge in [-0.05, 0) is 48.7 Å². The molecule has 0 aromatic heterocycles. The molecule has 2 nitrogen and oxygen atoms in total. The predicted octanol–water partition coefficient (Wildman–Crippen LogP) is 4.25. The highest BCUT2D eigenvalue weighted by atomic mass is 19.1. The molecule has 23 heavy (non-hydrogen) atoms. The summed E-state index contributed by atoms with van der Waals surface area (Å²) in [5.41, 5.74) is 1.35. The number of nitrogens with zero attached hydrogens (tertiary/aromatic N) is 1. The summed E-state index contributed by atoms with van der Waals surface area (Å²) in [5.74, 6) is -2.48. The van der Waals surface area contributed by atoms with E-state index >= 15 is 0 Å². The molecule has 2 rings (SSSR count). The first-order chi connectivity index (χ1) is 10.8. The minimum atomic E-state index is -0.673. The number of benzene rings is 2. The van der Waals surface area contributed by atoms with Crippen LogP contribution in [0.1, 0.15) is 18.1 Å². The molecule has 1 atom stereocenters. The molecule has 0 N–H and O–H groups in total. The molecule has 0 aliphatic carbocycles. The van der Waals surface area contributed by atoms with E-state index in [4.69, 9.17) is 0 Å². The van der Waals surface area contributed by atoms with Crippen molar-refractivity contribution >= 4 is 11.6 Å². The number of hydrogen-bond donors (Lipinski definition) is 0. The van der Waals surface area contributed by atoms with Crippen LogP contribution in [0.3, 0.4) is 0 Å². The van der Waals surface area contributed by atoms with Gasteiger partial charge in [-0.1, -0.05) is 13.0 Å². The van der Waals surface area contributed by atoms with Crippen LogP contribution >= 0.6 is 0 Å². The van der Waals surface area contributed by atoms with E-state index in [1.165, 1.54) is 23.1 Å². The number of amides is 1. The van der Waals surface area contributed by atoms with Gasteiger partial charge in [0.25, 0.3) is 0 Å². The highest BCUT2D eigenvalue weighted by Gasteiger charge is 2.20. The Hall–Kier alpha value is -2.30. The molecule has 1 amide bonds. The lowest BCUT2D eigenvalue weighted by Crippen LogP contribution is -2.32. The van der Waals surface area contributed by atoms with E-state index in [9.17, 15) is 18.0 Å². The fraction of sp³-hybridized carbons (Fsp3) is 0.278. The number of carbonyl (C=O) groups excluding carboxylic acids is 1. The summed E-state index contributed by atoms with van der Waals surface area (Å²) in [6.45, 7) is 3.31. The van der Waals surface area contributed by atoms with Gasteiger partial charge in [0.1, 0.15) is 17.5 Å². The Kier molecular flexibility index (Phi) is 5.08. The van der Waals surface area contributed by atoms with Gasteiger partial charge < -0.3 is 4.90 Å². The van der Waals surface area contributed by atoms with Gasteiger partial charge in [-0.2, -0.15) is 0 Å². The number of carbonyl (C=O) groups is 1. The molecule has 0 fully saturated rings. The van der Waals surface area contributed by atoms with Crippen molar-refractivity contribution in [3.63, 3.8) is 0 Å². The fourth-order valence-electron chi connectivity index (χ4n) is 2.42. The number of rotatable bonds is 4. The van der Waals surface area contributed by atoms with Crippen molar-refractivity contribution in [1.29, 1.82) is 0 Å². The van der Waals surface area contributed by atoms with E-state index in [-0.39, 0.29) is 18.1 Å². The molecular weight excluding hydrogens is 303 g/mol. The van der Waals surface area contributed by atoms with E-state index in [1.54, 1.807) is 33.0 Å². The second-order valence-electron chi connectivity index (χ2n) is 5.71. The quantitative estimate of drug-likeness (QED) is 0.824. The second-order valence-corrected chi connectivity index (χ2v) is 5.71. The summed E-state index contributed by atoms with van der Waals surface area (Å²) in [7, 11) is 1.55. The molecule has 122 valence electrons. The minimum absolute atomic E-state index is 0.201. The van der Waals surface area contributed by atoms with Gasteiger partial charge in [-0.15, -0.1) is 0 Å². The monoisotopic (exact) mass is 321 g/mol. The molecule has 0 bridgehead atoms. The van der Waals surface area contributed by atoms with Crippen molar-refractivity contribution in [2.45, 2.75) is 20.3 Å². The summed E-state index contributed by atoms with van der Waals surface area (Å²) in [5, 5.41) is 0. The van der Waals surface area contributed by atoms with Crippen molar-refractivity contribution in [2.75, 3.05) is 11.9 Å². The van der Waals surface area contributed by atoms with Crippen molar-refractivity contribution in [1.82, 2.24) is 0 Å². The normalized spacial score (nSPS) is 12.1. The van der Waals surface area contributed by atoms with E-state index in [1.807, 2.05) is 0 Å². The Morgan fingerprint density at radius 2 is 1.70 bits per heavy atom. The molecule has 2 aromatic rings. The Bertz CT molecular complexity index is 710. The smallest absolute Gasteiger partial charge is 0.229 e. The average molecular weight is 321 g/mol. The SMILES string of the molecule is Cc1ccc(N(C)C(=O)[C@@H](C)Cc2cc(F)cc(F)c2)cc1F. The zero-order valence-electron chi connectivity index (χ0n) is 13.2. The van der Waals surface area contributed by atoms with Crippen molar-refractivity contribution in [3.05, 3.63) is 65.0 Å². The summed E-state index contributed by atoms with van der Waals surface area (Å²) in [6, 6.07) is 7.75. The van der Waals surface area contributed by atoms with Gasteiger partial charge in [0.05, 0.1) is 0 Å². The first kappa shape index (κ1) is 17.1. The molecule has 0 saturated heterocycles. The first-order valence-corrected chi connectivity index (χ1v) is 7.26. The Morgan fingerprint density at radius 3 is 2.26 bits per heavy atom. The Morgan fingerprint density at radius 1 is 1.09 bits per heavy atom. The van der Waals surface area contributed by atoms with Crippen LogP contribution in [0, 0.1) is 30.3 Å². The highest BCUT2D eigenvalue weighted by molar-refractivity contribution is 5.94. The van der Waals surface area contributed by atoms with Crippen LogP contribution in [0.15, 0.2) is 36.4 Å². The van der Waals surface area contributed by atoms with E-state index in [0.29, 0.717) is 16.8 Å². The van der Waals surface area contributed by atoms with E-state index in [0.717, 1.165) is 6.07 Å². The van der Waals surface area contributed by atoms with Crippen LogP contribution in [0.2, 0.25) is 0 Å². The topological polar surface area (TPSA) is 20.3 Å². The lowest BCUT2D eigenvalue weighted by atomic mass is 9.99. The van der Waals surface area contributed by atoms with Crippen LogP contribution < -0.4 is 4.90 Å². The molecule has 0 saturated carbocycles. The Balaban J connectivity index is 2.13. The highest BCUT2D eigenvalue weighted by Crippen LogP contribution is 2.21. The molecule has 0 spiro atoms. The second kappa shape index (κ2) is 6.86. The van der Waals surface area contributed by atoms with Gasteiger partial charge in [0.2, 0.25) is 5.91 Å². The maximum atomic E-state index is 13.6. The summed E-state index contributed by atoms with van der Waals surface area (Å²) < 4.78 is 40.0. The zero-order valence-corrected chi connectivity index (χ0v) is 13.2. The van der Waals surface area contributed by atoms with Crippen LogP contribution in [-0.4, -0.2) is 13.0 Å². The molecule has 0 heterocycles. The Labute approximate surface area is 133 Å². The maximum absolute atomic E-state index is 13.6. The van der Waals surface area contributed by atoms with Crippen LogP contribution in [0.25, 0.3) is 0 Å². The van der Waals surface area contributed by atoms with Gasteiger partial charge in [0, 0.05) is 24.7 Å². The van der Waals surface area contributed by atoms with Crippen molar-refractivity contribution < 1.29 is 18.0 Å². The lowest BCUT2D eigenvalue weighted by Gasteiger charge is -2.22. The van der Waals surface area contributed by atoms with Crippen LogP contribution in [0.4, 0.5) is 18.9 Å². The molecular formula is C18H18F3NO. The molecule has 2 aromatic carbocycles. The predicted molar refractivity (Wildman–Crippen MR) is 83.8 cm³/mol. The van der Waals surface area contributed by atoms with Gasteiger partial charge in [0.15, 0.2) is 0 Å². The summed E-state index contributed by atoms with van der Waals surface area (Å²) in [4.78, 5) is 13.8. The van der Waals surface area contributed by atoms with E-state index < -0.39 is 17.6 Å². The van der Waals surface area contributed by atoms with Crippen molar-refractivity contribution in [2.24, 2.45) is 5.92 Å². The zero-order chi connectivity index (χ0) is 17.1. The summed E-state index contributed by atoms with van der Waals surface area (Å²) in [6.07, 6.45) is 0.201. The van der Waals surface area contributed by atoms with Gasteiger partial charge in [-0.25, -0.2) is 13.2 Å². The van der Waals surface area contributed by atoms with E-state index in [2.05, 4.69) is 0 Å². The molecule has 0 unspecified atom stereocenters. The third kappa shape index (κ3) is 4.12. The molecule has 0 aliphatic rings. The first-order valence-electron chi connectivity index (χ1n) is 7.26. The fourth-order valence-corrected chi connectivity index (χ4v) is 2.42. The summed E-state index contributed by atoms with van der Waals surface area (Å²) >= 11 is 0. The minimum Gasteiger partial charge on any atom is -0.315 e. The van der Waals surface area contributed by atoms with Crippen LogP contribution in [-0.2, 0) is 11.2 Å². The van der Waals surface area contributed by atoms with Gasteiger partial charge in [-0.3, -0.25) is 4.79 Å². The molecule has 0 aliphatic heterocycles. The number of hydrogen-bond acceptors (Lipinski definition) is 1. The largest absolute Gasteiger partial charge is 0.315 e. The van der Waals surface area contributed by atoms with Gasteiger partial charge >= 0.3 is 0 Å². The molecule has 0 radical (unpaired) electrons. The van der Waals surface area contributed by atoms with Crippen LogP contribution in [0.5, 0.6) is 0 Å². The lowest BCUT2D eigenvalue weighted by molar-refractivity contribution is -0.121. The molecule has 5 heteroatoms. The standard InChI is InChI=1S/C18H18F3NO/c1-11-4-5-16(10-17(11)21)22(3)18(23)12(2)6-13-7-14(19)9-15(20)8-13/h4-5,7-10,12H,6H2,1-3H3/t12-/m0/s1. The maximum Gasteiger partial charge on any atom is 0.229 e. The number of aryl methyl sites for hydroxylation is 1. The average Bonchev–Trinajstić information content (AvgIpc) is 2.47. The number of halogens is 3. The third-order valence-corrected chi connectivity index (χ3v) is 3.76. The van der Waals surface area contributed by atoms with Crippen molar-refractivity contribution in [3.8, 4) is 0 Å².